The highest BCUT2D eigenvalue weighted by Gasteiger charge is 1.93. The summed E-state index contributed by atoms with van der Waals surface area (Å²) in [5, 5.41) is 0. The third-order valence-corrected chi connectivity index (χ3v) is 1.43. The Morgan fingerprint density at radius 2 is 2.25 bits per heavy atom. The van der Waals surface area contributed by atoms with E-state index >= 15 is 0 Å². The van der Waals surface area contributed by atoms with Crippen LogP contribution in [0.15, 0.2) is 36.1 Å². The van der Waals surface area contributed by atoms with Gasteiger partial charge in [-0.25, -0.2) is 0 Å². The monoisotopic (exact) mass is 166 g/mol. The van der Waals surface area contributed by atoms with Gasteiger partial charge in [-0.3, -0.25) is 0 Å². The Hall–Kier alpha value is -1.31. The normalized spacial score (nSPS) is 12.5. The first-order valence-corrected chi connectivity index (χ1v) is 3.75. The van der Waals surface area contributed by atoms with Crippen molar-refractivity contribution in [3.05, 3.63) is 36.1 Å². The van der Waals surface area contributed by atoms with Crippen LogP contribution in [0.25, 0.3) is 0 Å². The van der Waals surface area contributed by atoms with Gasteiger partial charge in [-0.15, -0.1) is 0 Å². The van der Waals surface area contributed by atoms with E-state index in [4.69, 9.17) is 4.74 Å². The van der Waals surface area contributed by atoms with Crippen molar-refractivity contribution in [1.82, 2.24) is 0 Å². The lowest BCUT2D eigenvalue weighted by molar-refractivity contribution is -0.107. The van der Waals surface area contributed by atoms with E-state index in [0.717, 1.165) is 17.6 Å². The van der Waals surface area contributed by atoms with E-state index in [2.05, 4.69) is 6.58 Å². The highest BCUT2D eigenvalue weighted by Crippen LogP contribution is 2.06. The Morgan fingerprint density at radius 3 is 2.58 bits per heavy atom. The summed E-state index contributed by atoms with van der Waals surface area (Å²) in [6.45, 7) is 5.46. The number of aldehydes is 1. The number of carbonyl (C=O) groups is 1. The number of hydrogen-bond donors (Lipinski definition) is 0. The predicted octanol–water partition coefficient (Wildman–Crippen LogP) is 2.24. The molecule has 0 atom stereocenters. The molecule has 12 heavy (non-hydrogen) atoms. The average molecular weight is 166 g/mol. The molecule has 2 heteroatoms. The molecule has 0 saturated carbocycles. The van der Waals surface area contributed by atoms with E-state index < -0.39 is 0 Å². The molecule has 0 aliphatic heterocycles. The summed E-state index contributed by atoms with van der Waals surface area (Å²) in [5.41, 5.74) is 0.861. The SMILES string of the molecule is C=C/C(=C\C(=C/C)OC)CC=O. The molecule has 0 aromatic rings. The van der Waals surface area contributed by atoms with Crippen molar-refractivity contribution in [3.8, 4) is 0 Å². The maximum atomic E-state index is 10.2. The van der Waals surface area contributed by atoms with Crippen LogP contribution in [0.3, 0.4) is 0 Å². The van der Waals surface area contributed by atoms with Crippen LogP contribution in [-0.4, -0.2) is 13.4 Å². The average Bonchev–Trinajstić information content (AvgIpc) is 2.12. The second kappa shape index (κ2) is 6.40. The molecule has 0 N–H and O–H groups in total. The van der Waals surface area contributed by atoms with E-state index in [1.165, 1.54) is 0 Å². The fourth-order valence-corrected chi connectivity index (χ4v) is 0.740. The third kappa shape index (κ3) is 3.76. The molecular weight excluding hydrogens is 152 g/mol. The van der Waals surface area contributed by atoms with Crippen LogP contribution in [0.4, 0.5) is 0 Å². The molecule has 0 unspecified atom stereocenters. The Labute approximate surface area is 73.2 Å². The minimum atomic E-state index is 0.379. The topological polar surface area (TPSA) is 26.3 Å². The van der Waals surface area contributed by atoms with Crippen molar-refractivity contribution in [1.29, 1.82) is 0 Å². The Kier molecular flexibility index (Phi) is 5.70. The van der Waals surface area contributed by atoms with Gasteiger partial charge in [0.2, 0.25) is 0 Å². The van der Waals surface area contributed by atoms with E-state index in [-0.39, 0.29) is 0 Å². The maximum absolute atomic E-state index is 10.2. The van der Waals surface area contributed by atoms with Crippen LogP contribution < -0.4 is 0 Å². The summed E-state index contributed by atoms with van der Waals surface area (Å²) in [5.74, 6) is 0.742. The van der Waals surface area contributed by atoms with Crippen LogP contribution >= 0.6 is 0 Å². The Bertz CT molecular complexity index is 212. The predicted molar refractivity (Wildman–Crippen MR) is 49.7 cm³/mol. The summed E-state index contributed by atoms with van der Waals surface area (Å²) < 4.78 is 5.00. The first-order chi connectivity index (χ1) is 5.78. The van der Waals surface area contributed by atoms with Crippen LogP contribution in [-0.2, 0) is 9.53 Å². The summed E-state index contributed by atoms with van der Waals surface area (Å²) in [4.78, 5) is 10.2. The molecule has 0 fully saturated rings. The van der Waals surface area contributed by atoms with E-state index in [0.29, 0.717) is 6.42 Å². The van der Waals surface area contributed by atoms with Crippen molar-refractivity contribution in [2.45, 2.75) is 13.3 Å². The molecule has 0 aromatic heterocycles. The molecule has 2 nitrogen and oxygen atoms in total. The van der Waals surface area contributed by atoms with Gasteiger partial charge in [-0.1, -0.05) is 12.7 Å². The lowest BCUT2D eigenvalue weighted by Crippen LogP contribution is -1.85. The molecule has 0 aromatic carbocycles. The van der Waals surface area contributed by atoms with Crippen LogP contribution in [0, 0.1) is 0 Å². The van der Waals surface area contributed by atoms with Crippen molar-refractivity contribution >= 4 is 6.29 Å². The van der Waals surface area contributed by atoms with Gasteiger partial charge in [0.15, 0.2) is 0 Å². The molecule has 0 radical (unpaired) electrons. The second-order valence-electron chi connectivity index (χ2n) is 2.19. The number of hydrogen-bond acceptors (Lipinski definition) is 2. The van der Waals surface area contributed by atoms with Crippen LogP contribution in [0.5, 0.6) is 0 Å². The smallest absolute Gasteiger partial charge is 0.124 e. The quantitative estimate of drug-likeness (QED) is 0.355. The van der Waals surface area contributed by atoms with E-state index in [1.807, 2.05) is 13.0 Å². The highest BCUT2D eigenvalue weighted by molar-refractivity contribution is 5.56. The minimum absolute atomic E-state index is 0.379. The van der Waals surface area contributed by atoms with Crippen molar-refractivity contribution < 1.29 is 9.53 Å². The fourth-order valence-electron chi connectivity index (χ4n) is 0.740. The molecule has 0 saturated heterocycles. The maximum Gasteiger partial charge on any atom is 0.124 e. The summed E-state index contributed by atoms with van der Waals surface area (Å²) in [7, 11) is 1.59. The first kappa shape index (κ1) is 10.7. The number of carbonyl (C=O) groups excluding carboxylic acids is 1. The highest BCUT2D eigenvalue weighted by atomic mass is 16.5. The number of allylic oxidation sites excluding steroid dienone is 4. The molecule has 0 heterocycles. The molecule has 0 bridgehead atoms. The number of ether oxygens (including phenoxy) is 1. The van der Waals surface area contributed by atoms with Crippen LogP contribution in [0.2, 0.25) is 0 Å². The van der Waals surface area contributed by atoms with Gasteiger partial charge in [0.1, 0.15) is 12.0 Å². The lowest BCUT2D eigenvalue weighted by atomic mass is 10.2. The zero-order valence-electron chi connectivity index (χ0n) is 7.54. The molecular formula is C10H14O2. The molecule has 0 spiro atoms. The van der Waals surface area contributed by atoms with Gasteiger partial charge in [0, 0.05) is 6.42 Å². The van der Waals surface area contributed by atoms with E-state index in [9.17, 15) is 4.79 Å². The fraction of sp³-hybridized carbons (Fsp3) is 0.300. The largest absolute Gasteiger partial charge is 0.497 e. The lowest BCUT2D eigenvalue weighted by Gasteiger charge is -2.00. The first-order valence-electron chi connectivity index (χ1n) is 3.75. The Morgan fingerprint density at radius 1 is 1.58 bits per heavy atom. The van der Waals surface area contributed by atoms with Gasteiger partial charge in [0.05, 0.1) is 7.11 Å². The molecule has 0 amide bonds. The second-order valence-corrected chi connectivity index (χ2v) is 2.19. The molecule has 0 aliphatic carbocycles. The molecule has 0 rings (SSSR count). The van der Waals surface area contributed by atoms with Gasteiger partial charge in [0.25, 0.3) is 0 Å². The zero-order chi connectivity index (χ0) is 9.40. The third-order valence-electron chi connectivity index (χ3n) is 1.43. The molecule has 66 valence electrons. The zero-order valence-corrected chi connectivity index (χ0v) is 7.54. The van der Waals surface area contributed by atoms with Gasteiger partial charge in [-0.05, 0) is 24.6 Å². The molecule has 0 aliphatic rings. The van der Waals surface area contributed by atoms with Crippen molar-refractivity contribution in [3.63, 3.8) is 0 Å². The summed E-state index contributed by atoms with van der Waals surface area (Å²) in [6, 6.07) is 0. The van der Waals surface area contributed by atoms with Gasteiger partial charge < -0.3 is 9.53 Å². The number of rotatable bonds is 5. The van der Waals surface area contributed by atoms with Gasteiger partial charge in [-0.2, -0.15) is 0 Å². The van der Waals surface area contributed by atoms with Gasteiger partial charge >= 0.3 is 0 Å². The van der Waals surface area contributed by atoms with E-state index in [1.54, 1.807) is 19.3 Å². The standard InChI is InChI=1S/C10H14O2/c1-4-9(6-7-11)8-10(5-2)12-3/h4-5,7-8H,1,6H2,2-3H3/b9-8+,10-5+. The van der Waals surface area contributed by atoms with Crippen LogP contribution in [0.1, 0.15) is 13.3 Å². The minimum Gasteiger partial charge on any atom is -0.497 e. The van der Waals surface area contributed by atoms with Crippen molar-refractivity contribution in [2.24, 2.45) is 0 Å². The summed E-state index contributed by atoms with van der Waals surface area (Å²) in [6.07, 6.45) is 6.49. The Balaban J connectivity index is 4.44. The summed E-state index contributed by atoms with van der Waals surface area (Å²) >= 11 is 0. The number of methoxy groups -OCH3 is 1. The van der Waals surface area contributed by atoms with Crippen molar-refractivity contribution in [2.75, 3.05) is 7.11 Å².